The summed E-state index contributed by atoms with van der Waals surface area (Å²) in [6.45, 7) is 2.14. The molecule has 1 unspecified atom stereocenters. The van der Waals surface area contributed by atoms with Crippen molar-refractivity contribution in [3.8, 4) is 5.75 Å². The van der Waals surface area contributed by atoms with E-state index in [0.29, 0.717) is 13.2 Å². The zero-order valence-electron chi connectivity index (χ0n) is 15.8. The molecule has 0 bridgehead atoms. The fourth-order valence-corrected chi connectivity index (χ4v) is 3.62. The van der Waals surface area contributed by atoms with Gasteiger partial charge in [-0.05, 0) is 47.4 Å². The van der Waals surface area contributed by atoms with E-state index in [1.165, 1.54) is 22.5 Å². The maximum atomic E-state index is 11.0. The third-order valence-electron chi connectivity index (χ3n) is 5.19. The van der Waals surface area contributed by atoms with Crippen molar-refractivity contribution in [2.24, 2.45) is 5.92 Å². The van der Waals surface area contributed by atoms with Crippen LogP contribution >= 0.6 is 0 Å². The molecule has 4 rings (SSSR count). The molecule has 0 fully saturated rings. The third-order valence-corrected chi connectivity index (χ3v) is 5.19. The Bertz CT molecular complexity index is 936. The number of anilines is 2. The van der Waals surface area contributed by atoms with E-state index in [4.69, 9.17) is 9.84 Å². The van der Waals surface area contributed by atoms with E-state index in [1.807, 2.05) is 24.3 Å². The van der Waals surface area contributed by atoms with E-state index in [1.54, 1.807) is 6.92 Å². The second kappa shape index (κ2) is 7.77. The number of para-hydroxylation sites is 2. The average molecular weight is 373 g/mol. The van der Waals surface area contributed by atoms with Crippen molar-refractivity contribution in [3.05, 3.63) is 89.5 Å². The van der Waals surface area contributed by atoms with Gasteiger partial charge in [0.25, 0.3) is 0 Å². The van der Waals surface area contributed by atoms with Crippen molar-refractivity contribution in [2.75, 3.05) is 11.6 Å². The number of ether oxygens (including phenoxy) is 1. The number of carboxylic acid groups (broad SMARTS) is 1. The second-order valence-corrected chi connectivity index (χ2v) is 7.22. The largest absolute Gasteiger partial charge is 0.481 e. The summed E-state index contributed by atoms with van der Waals surface area (Å²) in [5, 5.41) is 9.06. The quantitative estimate of drug-likeness (QED) is 0.658. The number of benzene rings is 3. The predicted molar refractivity (Wildman–Crippen MR) is 110 cm³/mol. The monoisotopic (exact) mass is 373 g/mol. The van der Waals surface area contributed by atoms with Crippen LogP contribution < -0.4 is 9.64 Å². The molecule has 1 aliphatic heterocycles. The Labute approximate surface area is 165 Å². The van der Waals surface area contributed by atoms with Crippen LogP contribution in [0, 0.1) is 5.92 Å². The standard InChI is InChI=1S/C24H23NO3/c1-17(24(26)27)14-18-10-12-21(13-11-18)28-16-25-22-8-4-2-6-19(22)15-20-7-3-5-9-23(20)25/h2-13,17H,14-16H2,1H3,(H,26,27). The zero-order chi connectivity index (χ0) is 19.5. The summed E-state index contributed by atoms with van der Waals surface area (Å²) in [5.41, 5.74) is 5.93. The minimum absolute atomic E-state index is 0.395. The molecule has 0 aliphatic carbocycles. The van der Waals surface area contributed by atoms with Gasteiger partial charge < -0.3 is 14.7 Å². The van der Waals surface area contributed by atoms with E-state index in [-0.39, 0.29) is 0 Å². The Morgan fingerprint density at radius 3 is 2.11 bits per heavy atom. The third kappa shape index (κ3) is 3.72. The predicted octanol–water partition coefficient (Wildman–Crippen LogP) is 5.03. The molecule has 1 atom stereocenters. The lowest BCUT2D eigenvalue weighted by molar-refractivity contribution is -0.141. The van der Waals surface area contributed by atoms with Crippen molar-refractivity contribution < 1.29 is 14.6 Å². The molecule has 142 valence electrons. The van der Waals surface area contributed by atoms with Crippen molar-refractivity contribution in [3.63, 3.8) is 0 Å². The minimum Gasteiger partial charge on any atom is -0.481 e. The molecule has 0 radical (unpaired) electrons. The number of rotatable bonds is 6. The summed E-state index contributed by atoms with van der Waals surface area (Å²) in [5.74, 6) is -0.400. The topological polar surface area (TPSA) is 49.8 Å². The number of carboxylic acids is 1. The summed E-state index contributed by atoms with van der Waals surface area (Å²) in [7, 11) is 0. The van der Waals surface area contributed by atoms with Crippen molar-refractivity contribution in [1.82, 2.24) is 0 Å². The van der Waals surface area contributed by atoms with Gasteiger partial charge in [0.1, 0.15) is 5.75 Å². The molecule has 0 saturated carbocycles. The summed E-state index contributed by atoms with van der Waals surface area (Å²) >= 11 is 0. The summed E-state index contributed by atoms with van der Waals surface area (Å²) < 4.78 is 6.08. The van der Waals surface area contributed by atoms with Gasteiger partial charge in [0.05, 0.1) is 5.92 Å². The SMILES string of the molecule is CC(Cc1ccc(OCN2c3ccccc3Cc3ccccc32)cc1)C(=O)O. The Hall–Kier alpha value is -3.27. The van der Waals surface area contributed by atoms with E-state index < -0.39 is 11.9 Å². The molecule has 4 nitrogen and oxygen atoms in total. The Balaban J connectivity index is 1.50. The Kier molecular flexibility index (Phi) is 5.02. The number of carbonyl (C=O) groups is 1. The normalized spacial score (nSPS) is 13.4. The molecule has 0 saturated heterocycles. The highest BCUT2D eigenvalue weighted by Gasteiger charge is 2.22. The maximum Gasteiger partial charge on any atom is 0.306 e. The van der Waals surface area contributed by atoms with Crippen LogP contribution in [0.2, 0.25) is 0 Å². The van der Waals surface area contributed by atoms with E-state index in [2.05, 4.69) is 53.4 Å². The first-order chi connectivity index (χ1) is 13.6. The molecule has 1 N–H and O–H groups in total. The molecule has 3 aromatic carbocycles. The Morgan fingerprint density at radius 1 is 0.964 bits per heavy atom. The van der Waals surface area contributed by atoms with Crippen LogP contribution in [-0.4, -0.2) is 17.8 Å². The van der Waals surface area contributed by atoms with Gasteiger partial charge in [-0.25, -0.2) is 0 Å². The van der Waals surface area contributed by atoms with Crippen LogP contribution in [-0.2, 0) is 17.6 Å². The van der Waals surface area contributed by atoms with Crippen LogP contribution in [0.25, 0.3) is 0 Å². The minimum atomic E-state index is -0.775. The molecule has 28 heavy (non-hydrogen) atoms. The van der Waals surface area contributed by atoms with Gasteiger partial charge in [0.2, 0.25) is 0 Å². The molecular formula is C24H23NO3. The van der Waals surface area contributed by atoms with Gasteiger partial charge >= 0.3 is 5.97 Å². The number of hydrogen-bond acceptors (Lipinski definition) is 3. The van der Waals surface area contributed by atoms with Crippen molar-refractivity contribution in [1.29, 1.82) is 0 Å². The van der Waals surface area contributed by atoms with E-state index >= 15 is 0 Å². The van der Waals surface area contributed by atoms with Gasteiger partial charge in [-0.15, -0.1) is 0 Å². The molecule has 0 amide bonds. The van der Waals surface area contributed by atoms with Crippen LogP contribution in [0.4, 0.5) is 11.4 Å². The molecule has 4 heteroatoms. The number of aliphatic carboxylic acids is 1. The maximum absolute atomic E-state index is 11.0. The van der Waals surface area contributed by atoms with Crippen LogP contribution in [0.5, 0.6) is 5.75 Å². The fraction of sp³-hybridized carbons (Fsp3) is 0.208. The molecular weight excluding hydrogens is 350 g/mol. The first-order valence-electron chi connectivity index (χ1n) is 9.49. The lowest BCUT2D eigenvalue weighted by Crippen LogP contribution is -2.27. The number of hydrogen-bond donors (Lipinski definition) is 1. The molecule has 0 spiro atoms. The van der Waals surface area contributed by atoms with E-state index in [0.717, 1.165) is 17.7 Å². The second-order valence-electron chi connectivity index (χ2n) is 7.22. The summed E-state index contributed by atoms with van der Waals surface area (Å²) in [6.07, 6.45) is 1.45. The highest BCUT2D eigenvalue weighted by atomic mass is 16.5. The zero-order valence-corrected chi connectivity index (χ0v) is 15.8. The van der Waals surface area contributed by atoms with Crippen molar-refractivity contribution in [2.45, 2.75) is 19.8 Å². The lowest BCUT2D eigenvalue weighted by Gasteiger charge is -2.33. The molecule has 3 aromatic rings. The highest BCUT2D eigenvalue weighted by molar-refractivity contribution is 5.74. The van der Waals surface area contributed by atoms with Gasteiger partial charge in [-0.2, -0.15) is 0 Å². The van der Waals surface area contributed by atoms with Crippen molar-refractivity contribution >= 4 is 17.3 Å². The van der Waals surface area contributed by atoms with Crippen LogP contribution in [0.3, 0.4) is 0 Å². The van der Waals surface area contributed by atoms with Crippen LogP contribution in [0.1, 0.15) is 23.6 Å². The van der Waals surface area contributed by atoms with Gasteiger partial charge in [-0.3, -0.25) is 4.79 Å². The smallest absolute Gasteiger partial charge is 0.306 e. The summed E-state index contributed by atoms with van der Waals surface area (Å²) in [4.78, 5) is 13.2. The summed E-state index contributed by atoms with van der Waals surface area (Å²) in [6, 6.07) is 24.5. The average Bonchev–Trinajstić information content (AvgIpc) is 2.72. The van der Waals surface area contributed by atoms with Gasteiger partial charge in [-0.1, -0.05) is 55.5 Å². The first-order valence-corrected chi connectivity index (χ1v) is 9.49. The van der Waals surface area contributed by atoms with Gasteiger partial charge in [0, 0.05) is 17.8 Å². The number of fused-ring (bicyclic) bond motifs is 2. The van der Waals surface area contributed by atoms with E-state index in [9.17, 15) is 4.79 Å². The molecule has 1 heterocycles. The van der Waals surface area contributed by atoms with Gasteiger partial charge in [0.15, 0.2) is 6.73 Å². The lowest BCUT2D eigenvalue weighted by atomic mass is 9.96. The highest BCUT2D eigenvalue weighted by Crippen LogP contribution is 2.38. The van der Waals surface area contributed by atoms with Crippen LogP contribution in [0.15, 0.2) is 72.8 Å². The molecule has 0 aromatic heterocycles. The fourth-order valence-electron chi connectivity index (χ4n) is 3.62. The first kappa shape index (κ1) is 18.1. The number of nitrogens with zero attached hydrogens (tertiary/aromatic N) is 1. The molecule has 1 aliphatic rings. The Morgan fingerprint density at radius 2 is 1.54 bits per heavy atom.